The molecule has 6 nitrogen and oxygen atoms in total. The van der Waals surface area contributed by atoms with E-state index in [-0.39, 0.29) is 30.2 Å². The maximum absolute atomic E-state index is 12.9. The van der Waals surface area contributed by atoms with E-state index in [4.69, 9.17) is 4.74 Å². The lowest BCUT2D eigenvalue weighted by Crippen LogP contribution is -2.53. The molecule has 4 aliphatic rings. The number of hydrogen-bond donors (Lipinski definition) is 2. The number of aryl methyl sites for hydroxylation is 2. The van der Waals surface area contributed by atoms with Crippen molar-refractivity contribution in [3.8, 4) is 0 Å². The normalized spacial score (nSPS) is 29.3. The van der Waals surface area contributed by atoms with E-state index >= 15 is 0 Å². The van der Waals surface area contributed by atoms with Crippen molar-refractivity contribution in [3.63, 3.8) is 0 Å². The SMILES string of the molecule is Cc1ccc(C)c(NC(=O)[C@H](C)OC(=O)CCNC(=O)C23CC4CC(CC(C4)C2)C3)c1. The zero-order valence-electron chi connectivity index (χ0n) is 18.8. The predicted molar refractivity (Wildman–Crippen MR) is 118 cm³/mol. The minimum absolute atomic E-state index is 0.0686. The Balaban J connectivity index is 1.21. The summed E-state index contributed by atoms with van der Waals surface area (Å²) in [5, 5.41) is 5.81. The van der Waals surface area contributed by atoms with Gasteiger partial charge in [-0.15, -0.1) is 0 Å². The summed E-state index contributed by atoms with van der Waals surface area (Å²) in [4.78, 5) is 37.5. The number of esters is 1. The molecule has 0 aromatic heterocycles. The van der Waals surface area contributed by atoms with Gasteiger partial charge in [0.25, 0.3) is 5.91 Å². The number of carbonyl (C=O) groups is 3. The van der Waals surface area contributed by atoms with E-state index in [9.17, 15) is 14.4 Å². The quantitative estimate of drug-likeness (QED) is 0.648. The molecule has 2 N–H and O–H groups in total. The molecule has 0 aliphatic heterocycles. The van der Waals surface area contributed by atoms with Crippen LogP contribution in [0, 0.1) is 37.0 Å². The molecule has 0 heterocycles. The zero-order valence-corrected chi connectivity index (χ0v) is 18.8. The van der Waals surface area contributed by atoms with E-state index in [0.29, 0.717) is 17.8 Å². The van der Waals surface area contributed by atoms with Crippen LogP contribution in [0.5, 0.6) is 0 Å². The number of hydrogen-bond acceptors (Lipinski definition) is 4. The molecule has 168 valence electrons. The van der Waals surface area contributed by atoms with Crippen LogP contribution in [0.15, 0.2) is 18.2 Å². The van der Waals surface area contributed by atoms with Gasteiger partial charge in [-0.3, -0.25) is 14.4 Å². The van der Waals surface area contributed by atoms with Gasteiger partial charge < -0.3 is 15.4 Å². The Labute approximate surface area is 184 Å². The molecule has 6 heteroatoms. The summed E-state index contributed by atoms with van der Waals surface area (Å²) in [6, 6.07) is 5.81. The molecule has 5 rings (SSSR count). The molecule has 4 fully saturated rings. The lowest BCUT2D eigenvalue weighted by atomic mass is 9.49. The van der Waals surface area contributed by atoms with Gasteiger partial charge in [0.15, 0.2) is 6.10 Å². The highest BCUT2D eigenvalue weighted by atomic mass is 16.5. The van der Waals surface area contributed by atoms with E-state index < -0.39 is 12.1 Å². The van der Waals surface area contributed by atoms with Crippen molar-refractivity contribution in [1.82, 2.24) is 5.32 Å². The lowest BCUT2D eigenvalue weighted by Gasteiger charge is -2.55. The van der Waals surface area contributed by atoms with E-state index in [0.717, 1.165) is 36.1 Å². The van der Waals surface area contributed by atoms with Gasteiger partial charge in [0.05, 0.1) is 6.42 Å². The first-order chi connectivity index (χ1) is 14.7. The highest BCUT2D eigenvalue weighted by Gasteiger charge is 2.54. The number of ether oxygens (including phenoxy) is 1. The van der Waals surface area contributed by atoms with Crippen molar-refractivity contribution in [1.29, 1.82) is 0 Å². The van der Waals surface area contributed by atoms with Crippen LogP contribution < -0.4 is 10.6 Å². The smallest absolute Gasteiger partial charge is 0.308 e. The first kappa shape index (κ1) is 21.8. The largest absolute Gasteiger partial charge is 0.452 e. The summed E-state index contributed by atoms with van der Waals surface area (Å²) in [6.07, 6.45) is 6.06. The van der Waals surface area contributed by atoms with Crippen LogP contribution in [0.1, 0.15) is 63.0 Å². The molecule has 4 saturated carbocycles. The lowest BCUT2D eigenvalue weighted by molar-refractivity contribution is -0.153. The third-order valence-corrected chi connectivity index (χ3v) is 7.46. The third kappa shape index (κ3) is 4.78. The van der Waals surface area contributed by atoms with Gasteiger partial charge in [0, 0.05) is 17.6 Å². The van der Waals surface area contributed by atoms with Crippen LogP contribution >= 0.6 is 0 Å². The standard InChI is InChI=1S/C25H34N2O4/c1-15-4-5-16(2)21(8-15)27-23(29)17(3)31-22(28)6-7-26-24(30)25-12-18-9-19(13-25)11-20(10-18)14-25/h4-5,8,17-20H,6-7,9-14H2,1-3H3,(H,26,30)(H,27,29)/t17-,18?,19?,20?,25?/m0/s1. The minimum Gasteiger partial charge on any atom is -0.452 e. The monoisotopic (exact) mass is 426 g/mol. The number of benzene rings is 1. The molecule has 0 saturated heterocycles. The topological polar surface area (TPSA) is 84.5 Å². The average molecular weight is 427 g/mol. The van der Waals surface area contributed by atoms with Gasteiger partial charge in [-0.25, -0.2) is 0 Å². The van der Waals surface area contributed by atoms with Gasteiger partial charge >= 0.3 is 5.97 Å². The van der Waals surface area contributed by atoms with Gasteiger partial charge in [0.2, 0.25) is 5.91 Å². The number of carbonyl (C=O) groups excluding carboxylic acids is 3. The van der Waals surface area contributed by atoms with Crippen molar-refractivity contribution < 1.29 is 19.1 Å². The van der Waals surface area contributed by atoms with Crippen LogP contribution in [-0.2, 0) is 19.1 Å². The maximum Gasteiger partial charge on any atom is 0.308 e. The van der Waals surface area contributed by atoms with E-state index in [1.165, 1.54) is 19.3 Å². The Morgan fingerprint density at radius 3 is 2.29 bits per heavy atom. The number of amides is 2. The fourth-order valence-corrected chi connectivity index (χ4v) is 6.27. The summed E-state index contributed by atoms with van der Waals surface area (Å²) in [5.41, 5.74) is 2.50. The molecule has 4 aliphatic carbocycles. The molecule has 2 amide bonds. The van der Waals surface area contributed by atoms with Crippen molar-refractivity contribution in [2.24, 2.45) is 23.2 Å². The fraction of sp³-hybridized carbons (Fsp3) is 0.640. The van der Waals surface area contributed by atoms with Gasteiger partial charge in [0.1, 0.15) is 0 Å². The summed E-state index contributed by atoms with van der Waals surface area (Å²) in [6.45, 7) is 5.69. The Hall–Kier alpha value is -2.37. The average Bonchev–Trinajstić information content (AvgIpc) is 2.69. The van der Waals surface area contributed by atoms with E-state index in [1.807, 2.05) is 32.0 Å². The second-order valence-corrected chi connectivity index (χ2v) is 10.1. The van der Waals surface area contributed by atoms with Crippen molar-refractivity contribution in [3.05, 3.63) is 29.3 Å². The molecular weight excluding hydrogens is 392 g/mol. The van der Waals surface area contributed by atoms with Crippen LogP contribution in [0.2, 0.25) is 0 Å². The Morgan fingerprint density at radius 2 is 1.68 bits per heavy atom. The van der Waals surface area contributed by atoms with Crippen LogP contribution in [0.3, 0.4) is 0 Å². The summed E-state index contributed by atoms with van der Waals surface area (Å²) >= 11 is 0. The van der Waals surface area contributed by atoms with Crippen molar-refractivity contribution >= 4 is 23.5 Å². The minimum atomic E-state index is -0.897. The Kier molecular flexibility index (Phi) is 6.09. The van der Waals surface area contributed by atoms with Gasteiger partial charge in [-0.05, 0) is 94.2 Å². The summed E-state index contributed by atoms with van der Waals surface area (Å²) in [7, 11) is 0. The van der Waals surface area contributed by atoms with Crippen molar-refractivity contribution in [2.45, 2.75) is 71.8 Å². The van der Waals surface area contributed by atoms with E-state index in [1.54, 1.807) is 6.92 Å². The molecule has 1 atom stereocenters. The zero-order chi connectivity index (χ0) is 22.2. The third-order valence-electron chi connectivity index (χ3n) is 7.46. The van der Waals surface area contributed by atoms with Gasteiger partial charge in [-0.2, -0.15) is 0 Å². The second kappa shape index (κ2) is 8.64. The molecule has 4 bridgehead atoms. The number of anilines is 1. The fourth-order valence-electron chi connectivity index (χ4n) is 6.27. The van der Waals surface area contributed by atoms with Crippen LogP contribution in [0.4, 0.5) is 5.69 Å². The number of rotatable bonds is 7. The molecule has 0 unspecified atom stereocenters. The first-order valence-electron chi connectivity index (χ1n) is 11.6. The summed E-state index contributed by atoms with van der Waals surface area (Å²) in [5.74, 6) is 1.39. The molecule has 0 spiro atoms. The number of nitrogens with one attached hydrogen (secondary N) is 2. The molecule has 1 aromatic carbocycles. The Bertz CT molecular complexity index is 843. The van der Waals surface area contributed by atoms with Gasteiger partial charge in [-0.1, -0.05) is 12.1 Å². The van der Waals surface area contributed by atoms with Crippen molar-refractivity contribution in [2.75, 3.05) is 11.9 Å². The summed E-state index contributed by atoms with van der Waals surface area (Å²) < 4.78 is 5.28. The highest BCUT2D eigenvalue weighted by Crippen LogP contribution is 2.60. The van der Waals surface area contributed by atoms with Crippen LogP contribution in [0.25, 0.3) is 0 Å². The molecule has 31 heavy (non-hydrogen) atoms. The molecular formula is C25H34N2O4. The van der Waals surface area contributed by atoms with E-state index in [2.05, 4.69) is 10.6 Å². The second-order valence-electron chi connectivity index (χ2n) is 10.1. The Morgan fingerprint density at radius 1 is 1.06 bits per heavy atom. The molecule has 0 radical (unpaired) electrons. The predicted octanol–water partition coefficient (Wildman–Crippen LogP) is 3.90. The highest BCUT2D eigenvalue weighted by molar-refractivity contribution is 5.95. The first-order valence-corrected chi connectivity index (χ1v) is 11.6. The maximum atomic E-state index is 12.9. The van der Waals surface area contributed by atoms with Crippen LogP contribution in [-0.4, -0.2) is 30.4 Å². The molecule has 1 aromatic rings.